The normalized spacial score (nSPS) is 22.0. The number of hydrogen-bond donors (Lipinski definition) is 2. The van der Waals surface area contributed by atoms with Gasteiger partial charge in [-0.1, -0.05) is 67.0 Å². The molecule has 1 aromatic heterocycles. The molecule has 202 valence electrons. The van der Waals surface area contributed by atoms with Crippen LogP contribution in [0.4, 0.5) is 10.5 Å². The van der Waals surface area contributed by atoms with Crippen molar-refractivity contribution in [3.8, 4) is 11.3 Å². The minimum atomic E-state index is -0.849. The van der Waals surface area contributed by atoms with E-state index in [4.69, 9.17) is 25.6 Å². The minimum absolute atomic E-state index is 0.00279. The van der Waals surface area contributed by atoms with Crippen LogP contribution >= 0.6 is 11.6 Å². The summed E-state index contributed by atoms with van der Waals surface area (Å²) < 4.78 is 17.4. The molecular formula is C29H33ClN2O6. The van der Waals surface area contributed by atoms with Gasteiger partial charge in [0.15, 0.2) is 5.76 Å². The van der Waals surface area contributed by atoms with Gasteiger partial charge in [0.2, 0.25) is 0 Å². The summed E-state index contributed by atoms with van der Waals surface area (Å²) in [5.41, 5.74) is 2.48. The number of carboxylic acids is 1. The number of nitrogens with one attached hydrogen (secondary N) is 1. The van der Waals surface area contributed by atoms with Crippen LogP contribution in [0.5, 0.6) is 0 Å². The SMILES string of the molecule is CCC1(CC(=O)O)CCC(C)(c2cccc(-c3onc(C)c3NC(=O)O[C@H](C)c3ccccc3Cl)c2)CO1. The number of benzene rings is 2. The molecule has 8 nitrogen and oxygen atoms in total. The van der Waals surface area contributed by atoms with Crippen LogP contribution in [0.2, 0.25) is 5.02 Å². The quantitative estimate of drug-likeness (QED) is 0.308. The molecule has 1 saturated heterocycles. The summed E-state index contributed by atoms with van der Waals surface area (Å²) in [6.45, 7) is 7.98. The largest absolute Gasteiger partial charge is 0.481 e. The van der Waals surface area contributed by atoms with E-state index >= 15 is 0 Å². The number of hydrogen-bond acceptors (Lipinski definition) is 6. The van der Waals surface area contributed by atoms with Gasteiger partial charge in [-0.25, -0.2) is 4.79 Å². The monoisotopic (exact) mass is 540 g/mol. The van der Waals surface area contributed by atoms with Gasteiger partial charge in [-0.2, -0.15) is 0 Å². The van der Waals surface area contributed by atoms with Crippen LogP contribution in [0.1, 0.15) is 69.4 Å². The number of nitrogens with zero attached hydrogens (tertiary/aromatic N) is 1. The standard InChI is InChI=1S/C29H33ClN2O6/c1-5-29(16-24(33)34)14-13-28(4,17-36-29)21-10-8-9-20(15-21)26-25(18(2)32-38-26)31-27(35)37-19(3)22-11-6-7-12-23(22)30/h6-12,15,19H,5,13-14,16-17H2,1-4H3,(H,31,35)(H,33,34)/t19-,28?,29?/m1/s1. The van der Waals surface area contributed by atoms with Gasteiger partial charge in [0, 0.05) is 21.6 Å². The maximum absolute atomic E-state index is 12.8. The van der Waals surface area contributed by atoms with E-state index < -0.39 is 23.8 Å². The van der Waals surface area contributed by atoms with Crippen LogP contribution in [0, 0.1) is 6.92 Å². The molecule has 2 aromatic carbocycles. The van der Waals surface area contributed by atoms with Crippen molar-refractivity contribution in [2.45, 2.75) is 70.5 Å². The first-order valence-corrected chi connectivity index (χ1v) is 13.1. The van der Waals surface area contributed by atoms with Crippen molar-refractivity contribution in [3.05, 3.63) is 70.4 Å². The van der Waals surface area contributed by atoms with Crippen molar-refractivity contribution < 1.29 is 28.7 Å². The number of aromatic nitrogens is 1. The van der Waals surface area contributed by atoms with Crippen molar-refractivity contribution in [2.24, 2.45) is 0 Å². The molecule has 2 unspecified atom stereocenters. The van der Waals surface area contributed by atoms with Crippen LogP contribution < -0.4 is 5.32 Å². The summed E-state index contributed by atoms with van der Waals surface area (Å²) in [4.78, 5) is 24.1. The molecule has 2 N–H and O–H groups in total. The molecule has 0 bridgehead atoms. The smallest absolute Gasteiger partial charge is 0.412 e. The van der Waals surface area contributed by atoms with Crippen molar-refractivity contribution in [3.63, 3.8) is 0 Å². The average Bonchev–Trinajstić information content (AvgIpc) is 3.25. The van der Waals surface area contributed by atoms with Gasteiger partial charge in [-0.05, 0) is 50.8 Å². The number of carbonyl (C=O) groups is 2. The van der Waals surface area contributed by atoms with Crippen LogP contribution in [0.3, 0.4) is 0 Å². The highest BCUT2D eigenvalue weighted by Gasteiger charge is 2.42. The van der Waals surface area contributed by atoms with E-state index in [-0.39, 0.29) is 11.8 Å². The summed E-state index contributed by atoms with van der Waals surface area (Å²) in [7, 11) is 0. The van der Waals surface area contributed by atoms with Gasteiger partial charge in [-0.3, -0.25) is 10.1 Å². The van der Waals surface area contributed by atoms with Crippen LogP contribution in [-0.4, -0.2) is 34.5 Å². The molecule has 1 fully saturated rings. The van der Waals surface area contributed by atoms with Gasteiger partial charge in [0.25, 0.3) is 0 Å². The lowest BCUT2D eigenvalue weighted by molar-refractivity contribution is -0.155. The highest BCUT2D eigenvalue weighted by Crippen LogP contribution is 2.43. The molecule has 3 aromatic rings. The number of halogens is 1. The zero-order valence-corrected chi connectivity index (χ0v) is 22.8. The third-order valence-corrected chi connectivity index (χ3v) is 7.83. The van der Waals surface area contributed by atoms with Gasteiger partial charge in [0.05, 0.1) is 18.6 Å². The second-order valence-corrected chi connectivity index (χ2v) is 10.6. The highest BCUT2D eigenvalue weighted by atomic mass is 35.5. The first-order chi connectivity index (χ1) is 18.1. The van der Waals surface area contributed by atoms with Crippen LogP contribution in [-0.2, 0) is 19.7 Å². The molecule has 38 heavy (non-hydrogen) atoms. The summed E-state index contributed by atoms with van der Waals surface area (Å²) >= 11 is 6.24. The first kappa shape index (κ1) is 27.7. The summed E-state index contributed by atoms with van der Waals surface area (Å²) in [6.07, 6.45) is 0.871. The number of ether oxygens (including phenoxy) is 2. The Morgan fingerprint density at radius 3 is 2.63 bits per heavy atom. The van der Waals surface area contributed by atoms with Gasteiger partial charge in [-0.15, -0.1) is 0 Å². The molecule has 0 radical (unpaired) electrons. The Kier molecular flexibility index (Phi) is 8.13. The van der Waals surface area contributed by atoms with Gasteiger partial charge >= 0.3 is 12.1 Å². The molecule has 0 aliphatic carbocycles. The Balaban J connectivity index is 1.52. The van der Waals surface area contributed by atoms with E-state index in [1.54, 1.807) is 19.9 Å². The number of aryl methyl sites for hydroxylation is 1. The van der Waals surface area contributed by atoms with E-state index in [1.807, 2.05) is 49.4 Å². The minimum Gasteiger partial charge on any atom is -0.481 e. The Hall–Kier alpha value is -3.36. The molecule has 1 aliphatic heterocycles. The molecule has 9 heteroatoms. The van der Waals surface area contributed by atoms with Crippen molar-refractivity contribution in [2.75, 3.05) is 11.9 Å². The summed E-state index contributed by atoms with van der Waals surface area (Å²) in [6, 6.07) is 15.0. The van der Waals surface area contributed by atoms with Crippen molar-refractivity contribution in [1.29, 1.82) is 0 Å². The van der Waals surface area contributed by atoms with E-state index in [1.165, 1.54) is 0 Å². The molecule has 0 saturated carbocycles. The predicted molar refractivity (Wildman–Crippen MR) is 144 cm³/mol. The Bertz CT molecular complexity index is 1310. The second kappa shape index (κ2) is 11.2. The van der Waals surface area contributed by atoms with Gasteiger partial charge < -0.3 is 19.1 Å². The predicted octanol–water partition coefficient (Wildman–Crippen LogP) is 7.30. The number of anilines is 1. The number of rotatable bonds is 8. The number of amides is 1. The highest BCUT2D eigenvalue weighted by molar-refractivity contribution is 6.31. The van der Waals surface area contributed by atoms with Crippen LogP contribution in [0.25, 0.3) is 11.3 Å². The van der Waals surface area contributed by atoms with E-state index in [0.29, 0.717) is 47.2 Å². The van der Waals surface area contributed by atoms with E-state index in [0.717, 1.165) is 17.5 Å². The number of aliphatic carboxylic acids is 1. The molecule has 1 amide bonds. The maximum Gasteiger partial charge on any atom is 0.412 e. The Labute approximate surface area is 227 Å². The molecule has 4 rings (SSSR count). The molecule has 0 spiro atoms. The fraction of sp³-hybridized carbons (Fsp3) is 0.414. The van der Waals surface area contributed by atoms with Crippen molar-refractivity contribution >= 4 is 29.4 Å². The lowest BCUT2D eigenvalue weighted by Crippen LogP contribution is -2.46. The number of carbonyl (C=O) groups excluding carboxylic acids is 1. The molecule has 3 atom stereocenters. The average molecular weight is 541 g/mol. The fourth-order valence-corrected chi connectivity index (χ4v) is 5.21. The van der Waals surface area contributed by atoms with E-state index in [9.17, 15) is 14.7 Å². The molecule has 1 aliphatic rings. The van der Waals surface area contributed by atoms with Gasteiger partial charge in [0.1, 0.15) is 17.5 Å². The summed E-state index contributed by atoms with van der Waals surface area (Å²) in [5, 5.41) is 16.7. The zero-order chi connectivity index (χ0) is 27.5. The molecule has 2 heterocycles. The van der Waals surface area contributed by atoms with Crippen molar-refractivity contribution in [1.82, 2.24) is 5.16 Å². The summed E-state index contributed by atoms with van der Waals surface area (Å²) in [5.74, 6) is -0.432. The molecular weight excluding hydrogens is 508 g/mol. The lowest BCUT2D eigenvalue weighted by atomic mass is 9.72. The topological polar surface area (TPSA) is 111 Å². The van der Waals surface area contributed by atoms with Crippen LogP contribution in [0.15, 0.2) is 53.1 Å². The first-order valence-electron chi connectivity index (χ1n) is 12.7. The Morgan fingerprint density at radius 2 is 1.97 bits per heavy atom. The zero-order valence-electron chi connectivity index (χ0n) is 22.0. The fourth-order valence-electron chi connectivity index (χ4n) is 4.92. The third kappa shape index (κ3) is 5.87. The second-order valence-electron chi connectivity index (χ2n) is 10.2. The maximum atomic E-state index is 12.8. The Morgan fingerprint density at radius 1 is 1.21 bits per heavy atom. The van der Waals surface area contributed by atoms with E-state index in [2.05, 4.69) is 17.4 Å². The number of carboxylic acid groups (broad SMARTS) is 1. The third-order valence-electron chi connectivity index (χ3n) is 7.49. The lowest BCUT2D eigenvalue weighted by Gasteiger charge is -2.44.